The van der Waals surface area contributed by atoms with Crippen molar-refractivity contribution in [2.75, 3.05) is 0 Å². The summed E-state index contributed by atoms with van der Waals surface area (Å²) in [7, 11) is 1.36. The summed E-state index contributed by atoms with van der Waals surface area (Å²) in [6.45, 7) is 1.82. The molecule has 1 N–H and O–H groups in total. The molecule has 11 heteroatoms. The minimum atomic E-state index is -4.64. The van der Waals surface area contributed by atoms with Gasteiger partial charge in [0.1, 0.15) is 5.75 Å². The van der Waals surface area contributed by atoms with Gasteiger partial charge in [-0.05, 0) is 13.0 Å². The van der Waals surface area contributed by atoms with Crippen molar-refractivity contribution in [2.45, 2.75) is 26.1 Å². The Morgan fingerprint density at radius 1 is 1.31 bits per heavy atom. The van der Waals surface area contributed by atoms with Gasteiger partial charge in [-0.1, -0.05) is 5.16 Å². The molecule has 0 fully saturated rings. The maximum Gasteiger partial charge on any atom is 0.435 e. The third-order valence-corrected chi connectivity index (χ3v) is 3.68. The summed E-state index contributed by atoms with van der Waals surface area (Å²) in [5.41, 5.74) is -1.26. The smallest absolute Gasteiger partial charge is 0.435 e. The molecule has 0 saturated heterocycles. The van der Waals surface area contributed by atoms with Crippen LogP contribution in [-0.2, 0) is 26.2 Å². The van der Waals surface area contributed by atoms with Gasteiger partial charge in [-0.2, -0.15) is 23.3 Å². The SMILES string of the molecule is Cc1cc(O)cc(=O)n1CCc1nc(-c2cn(C)nc2C(F)(F)F)no1. The van der Waals surface area contributed by atoms with Crippen molar-refractivity contribution in [1.82, 2.24) is 24.5 Å². The molecule has 0 amide bonds. The lowest BCUT2D eigenvalue weighted by Crippen LogP contribution is -2.22. The highest BCUT2D eigenvalue weighted by Crippen LogP contribution is 2.34. The van der Waals surface area contributed by atoms with E-state index in [1.54, 1.807) is 6.92 Å². The summed E-state index contributed by atoms with van der Waals surface area (Å²) in [5.74, 6) is -0.286. The molecule has 3 aromatic heterocycles. The van der Waals surface area contributed by atoms with E-state index in [0.717, 1.165) is 16.9 Å². The van der Waals surface area contributed by atoms with Gasteiger partial charge in [0.2, 0.25) is 11.7 Å². The minimum Gasteiger partial charge on any atom is -0.508 e. The Kier molecular flexibility index (Phi) is 4.30. The molecule has 0 spiro atoms. The second kappa shape index (κ2) is 6.32. The highest BCUT2D eigenvalue weighted by Gasteiger charge is 2.38. The van der Waals surface area contributed by atoms with Crippen LogP contribution in [0.1, 0.15) is 17.3 Å². The number of hydrogen-bond acceptors (Lipinski definition) is 6. The van der Waals surface area contributed by atoms with Crippen LogP contribution >= 0.6 is 0 Å². The molecule has 0 aliphatic heterocycles. The molecule has 0 aliphatic carbocycles. The van der Waals surface area contributed by atoms with Crippen molar-refractivity contribution >= 4 is 0 Å². The molecule has 0 aliphatic rings. The van der Waals surface area contributed by atoms with Crippen LogP contribution < -0.4 is 5.56 Å². The molecule has 3 aromatic rings. The van der Waals surface area contributed by atoms with E-state index in [0.29, 0.717) is 5.69 Å². The monoisotopic (exact) mass is 369 g/mol. The van der Waals surface area contributed by atoms with Crippen LogP contribution in [0.5, 0.6) is 5.75 Å². The number of alkyl halides is 3. The van der Waals surface area contributed by atoms with Gasteiger partial charge in [0.25, 0.3) is 5.56 Å². The minimum absolute atomic E-state index is 0.0800. The molecular weight excluding hydrogens is 355 g/mol. The molecule has 0 bridgehead atoms. The lowest BCUT2D eigenvalue weighted by molar-refractivity contribution is -0.141. The molecule has 0 atom stereocenters. The molecule has 0 radical (unpaired) electrons. The van der Waals surface area contributed by atoms with Gasteiger partial charge in [0.15, 0.2) is 5.69 Å². The Balaban J connectivity index is 1.83. The molecule has 0 saturated carbocycles. The number of rotatable bonds is 4. The summed E-state index contributed by atoms with van der Waals surface area (Å²) in [4.78, 5) is 15.8. The van der Waals surface area contributed by atoms with Crippen LogP contribution in [0.3, 0.4) is 0 Å². The number of aromatic hydroxyl groups is 1. The zero-order chi connectivity index (χ0) is 19.1. The Hall–Kier alpha value is -3.11. The first-order chi connectivity index (χ1) is 12.1. The van der Waals surface area contributed by atoms with Crippen LogP contribution in [0.15, 0.2) is 27.6 Å². The van der Waals surface area contributed by atoms with Gasteiger partial charge in [-0.25, -0.2) is 0 Å². The van der Waals surface area contributed by atoms with E-state index in [4.69, 9.17) is 4.52 Å². The lowest BCUT2D eigenvalue weighted by Gasteiger charge is -2.08. The van der Waals surface area contributed by atoms with Crippen molar-refractivity contribution < 1.29 is 22.8 Å². The van der Waals surface area contributed by atoms with Crippen molar-refractivity contribution in [3.63, 3.8) is 0 Å². The van der Waals surface area contributed by atoms with Gasteiger partial charge in [-0.3, -0.25) is 9.48 Å². The summed E-state index contributed by atoms with van der Waals surface area (Å²) in [5, 5.41) is 16.3. The van der Waals surface area contributed by atoms with Gasteiger partial charge in [-0.15, -0.1) is 0 Å². The molecule has 26 heavy (non-hydrogen) atoms. The zero-order valence-electron chi connectivity index (χ0n) is 13.8. The maximum absolute atomic E-state index is 13.0. The van der Waals surface area contributed by atoms with Crippen molar-refractivity contribution in [2.24, 2.45) is 7.05 Å². The number of pyridine rings is 1. The standard InChI is InChI=1S/C15H14F3N5O3/c1-8-5-9(24)6-12(25)23(8)4-3-11-19-14(21-26-11)10-7-22(2)20-13(10)15(16,17)18/h5-7,24H,3-4H2,1-2H3. The average molecular weight is 369 g/mol. The second-order valence-electron chi connectivity index (χ2n) is 5.67. The number of halogens is 3. The normalized spacial score (nSPS) is 11.9. The van der Waals surface area contributed by atoms with E-state index in [2.05, 4.69) is 15.2 Å². The predicted molar refractivity (Wildman–Crippen MR) is 82.3 cm³/mol. The van der Waals surface area contributed by atoms with Gasteiger partial charge in [0, 0.05) is 38.0 Å². The van der Waals surface area contributed by atoms with E-state index >= 15 is 0 Å². The average Bonchev–Trinajstić information content (AvgIpc) is 3.12. The highest BCUT2D eigenvalue weighted by atomic mass is 19.4. The van der Waals surface area contributed by atoms with Crippen LogP contribution in [0.2, 0.25) is 0 Å². The van der Waals surface area contributed by atoms with Crippen LogP contribution in [0.25, 0.3) is 11.4 Å². The Labute approximate surface area is 144 Å². The predicted octanol–water partition coefficient (Wildman–Crippen LogP) is 1.91. The van der Waals surface area contributed by atoms with E-state index in [1.165, 1.54) is 17.7 Å². The third kappa shape index (κ3) is 3.46. The Morgan fingerprint density at radius 3 is 2.69 bits per heavy atom. The first-order valence-electron chi connectivity index (χ1n) is 7.49. The molecule has 0 unspecified atom stereocenters. The number of aromatic nitrogens is 5. The topological polar surface area (TPSA) is 99.0 Å². The number of aryl methyl sites for hydroxylation is 3. The first-order valence-corrected chi connectivity index (χ1v) is 7.49. The summed E-state index contributed by atoms with van der Waals surface area (Å²) >= 11 is 0. The lowest BCUT2D eigenvalue weighted by atomic mass is 10.2. The van der Waals surface area contributed by atoms with Crippen LogP contribution in [0, 0.1) is 6.92 Å². The van der Waals surface area contributed by atoms with E-state index < -0.39 is 17.4 Å². The molecule has 0 aromatic carbocycles. The van der Waals surface area contributed by atoms with Crippen molar-refractivity contribution in [1.29, 1.82) is 0 Å². The fraction of sp³-hybridized carbons (Fsp3) is 0.333. The Bertz CT molecular complexity index is 1000. The largest absolute Gasteiger partial charge is 0.508 e. The molecular formula is C15H14F3N5O3. The molecule has 3 rings (SSSR count). The molecule has 3 heterocycles. The number of hydrogen-bond donors (Lipinski definition) is 1. The van der Waals surface area contributed by atoms with E-state index in [-0.39, 0.29) is 36.0 Å². The third-order valence-electron chi connectivity index (χ3n) is 3.68. The van der Waals surface area contributed by atoms with Gasteiger partial charge >= 0.3 is 6.18 Å². The highest BCUT2D eigenvalue weighted by molar-refractivity contribution is 5.57. The first kappa shape index (κ1) is 17.7. The van der Waals surface area contributed by atoms with Crippen LogP contribution in [0.4, 0.5) is 13.2 Å². The summed E-state index contributed by atoms with van der Waals surface area (Å²) in [6.07, 6.45) is -3.35. The van der Waals surface area contributed by atoms with Gasteiger partial charge < -0.3 is 14.2 Å². The van der Waals surface area contributed by atoms with E-state index in [9.17, 15) is 23.1 Å². The molecule has 8 nitrogen and oxygen atoms in total. The fourth-order valence-corrected chi connectivity index (χ4v) is 2.53. The van der Waals surface area contributed by atoms with Crippen LogP contribution in [-0.4, -0.2) is 29.6 Å². The van der Waals surface area contributed by atoms with E-state index in [1.807, 2.05) is 0 Å². The zero-order valence-corrected chi connectivity index (χ0v) is 13.8. The maximum atomic E-state index is 13.0. The quantitative estimate of drug-likeness (QED) is 0.754. The van der Waals surface area contributed by atoms with Crippen molar-refractivity contribution in [3.8, 4) is 17.1 Å². The second-order valence-corrected chi connectivity index (χ2v) is 5.67. The number of nitrogens with zero attached hydrogens (tertiary/aromatic N) is 5. The Morgan fingerprint density at radius 2 is 2.04 bits per heavy atom. The fourth-order valence-electron chi connectivity index (χ4n) is 2.53. The summed E-state index contributed by atoms with van der Waals surface area (Å²) < 4.78 is 46.5. The van der Waals surface area contributed by atoms with Crippen molar-refractivity contribution in [3.05, 3.63) is 46.0 Å². The summed E-state index contributed by atoms with van der Waals surface area (Å²) in [6, 6.07) is 2.49. The molecule has 138 valence electrons. The van der Waals surface area contributed by atoms with Gasteiger partial charge in [0.05, 0.1) is 5.56 Å².